The number of fused-ring (bicyclic) bond motifs is 1. The van der Waals surface area contributed by atoms with Gasteiger partial charge in [-0.1, -0.05) is 43.2 Å². The van der Waals surface area contributed by atoms with Crippen molar-refractivity contribution in [3.05, 3.63) is 59.7 Å². The molecule has 0 radical (unpaired) electrons. The molecule has 1 heterocycles. The minimum absolute atomic E-state index is 0.0108. The standard InChI is InChI=1S/C24H28ClNO3/c1-28-20-12-11-18(16-21(20)29-2)23(27)26-15-14-24(25)13-7-6-10-19(24)22(26)17-8-4-3-5-9-17/h3-5,8-9,11-12,16,19,22H,6-7,10,13-15H2,1-2H3/t19-,22-,24+/m0/s1. The molecule has 4 nitrogen and oxygen atoms in total. The molecule has 2 aliphatic rings. The van der Waals surface area contributed by atoms with E-state index in [1.54, 1.807) is 26.4 Å². The first-order chi connectivity index (χ1) is 14.1. The molecule has 0 aromatic heterocycles. The van der Waals surface area contributed by atoms with E-state index in [-0.39, 0.29) is 22.7 Å². The third-order valence-corrected chi connectivity index (χ3v) is 7.20. The topological polar surface area (TPSA) is 38.8 Å². The zero-order valence-corrected chi connectivity index (χ0v) is 17.8. The summed E-state index contributed by atoms with van der Waals surface area (Å²) >= 11 is 7.15. The van der Waals surface area contributed by atoms with Gasteiger partial charge in [0.05, 0.1) is 25.1 Å². The molecule has 1 amide bonds. The number of hydrogen-bond acceptors (Lipinski definition) is 3. The van der Waals surface area contributed by atoms with Crippen LogP contribution in [0.1, 0.15) is 54.1 Å². The average Bonchev–Trinajstić information content (AvgIpc) is 2.77. The number of benzene rings is 2. The van der Waals surface area contributed by atoms with E-state index in [1.165, 1.54) is 12.8 Å². The normalized spacial score (nSPS) is 26.5. The number of likely N-dealkylation sites (tertiary alicyclic amines) is 1. The first kappa shape index (κ1) is 20.1. The Bertz CT molecular complexity index is 872. The first-order valence-corrected chi connectivity index (χ1v) is 10.7. The van der Waals surface area contributed by atoms with Crippen LogP contribution >= 0.6 is 11.6 Å². The Morgan fingerprint density at radius 3 is 2.52 bits per heavy atom. The minimum Gasteiger partial charge on any atom is -0.493 e. The summed E-state index contributed by atoms with van der Waals surface area (Å²) in [5.41, 5.74) is 1.78. The number of rotatable bonds is 4. The Labute approximate surface area is 177 Å². The van der Waals surface area contributed by atoms with Gasteiger partial charge in [0.25, 0.3) is 5.91 Å². The molecule has 154 valence electrons. The minimum atomic E-state index is -0.215. The van der Waals surface area contributed by atoms with E-state index < -0.39 is 0 Å². The van der Waals surface area contributed by atoms with E-state index >= 15 is 0 Å². The van der Waals surface area contributed by atoms with Crippen LogP contribution in [0.3, 0.4) is 0 Å². The summed E-state index contributed by atoms with van der Waals surface area (Å²) in [6, 6.07) is 15.7. The molecule has 29 heavy (non-hydrogen) atoms. The molecule has 2 aromatic rings. The van der Waals surface area contributed by atoms with Crippen molar-refractivity contribution in [2.24, 2.45) is 5.92 Å². The summed E-state index contributed by atoms with van der Waals surface area (Å²) in [7, 11) is 3.18. The van der Waals surface area contributed by atoms with E-state index in [0.29, 0.717) is 23.6 Å². The van der Waals surface area contributed by atoms with Gasteiger partial charge in [-0.2, -0.15) is 0 Å². The van der Waals surface area contributed by atoms with Crippen molar-refractivity contribution in [1.29, 1.82) is 0 Å². The molecule has 0 unspecified atom stereocenters. The van der Waals surface area contributed by atoms with Crippen molar-refractivity contribution < 1.29 is 14.3 Å². The van der Waals surface area contributed by atoms with Crippen LogP contribution in [0.4, 0.5) is 0 Å². The predicted molar refractivity (Wildman–Crippen MR) is 115 cm³/mol. The molecule has 3 atom stereocenters. The summed E-state index contributed by atoms with van der Waals surface area (Å²) in [6.07, 6.45) is 5.26. The Kier molecular flexibility index (Phi) is 5.73. The zero-order chi connectivity index (χ0) is 20.4. The number of carbonyl (C=O) groups is 1. The maximum Gasteiger partial charge on any atom is 0.254 e. The molecule has 1 saturated heterocycles. The highest BCUT2D eigenvalue weighted by Gasteiger charge is 2.50. The largest absolute Gasteiger partial charge is 0.493 e. The van der Waals surface area contributed by atoms with Gasteiger partial charge in [-0.15, -0.1) is 11.6 Å². The van der Waals surface area contributed by atoms with Crippen molar-refractivity contribution in [3.8, 4) is 11.5 Å². The van der Waals surface area contributed by atoms with Crippen molar-refractivity contribution in [2.45, 2.75) is 43.0 Å². The average molecular weight is 414 g/mol. The molecular formula is C24H28ClNO3. The molecule has 2 fully saturated rings. The van der Waals surface area contributed by atoms with Crippen LogP contribution in [0.2, 0.25) is 0 Å². The van der Waals surface area contributed by atoms with Gasteiger partial charge in [-0.25, -0.2) is 0 Å². The zero-order valence-electron chi connectivity index (χ0n) is 17.1. The molecule has 0 spiro atoms. The molecule has 1 aliphatic carbocycles. The number of carbonyl (C=O) groups excluding carboxylic acids is 1. The smallest absolute Gasteiger partial charge is 0.254 e. The third-order valence-electron chi connectivity index (χ3n) is 6.54. The van der Waals surface area contributed by atoms with Gasteiger partial charge in [0, 0.05) is 18.0 Å². The number of amides is 1. The van der Waals surface area contributed by atoms with E-state index in [2.05, 4.69) is 12.1 Å². The van der Waals surface area contributed by atoms with Crippen molar-refractivity contribution >= 4 is 17.5 Å². The number of ether oxygens (including phenoxy) is 2. The summed E-state index contributed by atoms with van der Waals surface area (Å²) in [6.45, 7) is 0.659. The van der Waals surface area contributed by atoms with Crippen molar-refractivity contribution in [2.75, 3.05) is 20.8 Å². The van der Waals surface area contributed by atoms with Crippen LogP contribution in [-0.2, 0) is 0 Å². The fraction of sp³-hybridized carbons (Fsp3) is 0.458. The van der Waals surface area contributed by atoms with E-state index in [9.17, 15) is 4.79 Å². The third kappa shape index (κ3) is 3.71. The van der Waals surface area contributed by atoms with E-state index in [4.69, 9.17) is 21.1 Å². The lowest BCUT2D eigenvalue weighted by Crippen LogP contribution is -2.53. The highest BCUT2D eigenvalue weighted by Crippen LogP contribution is 2.53. The lowest BCUT2D eigenvalue weighted by Gasteiger charge is -2.52. The highest BCUT2D eigenvalue weighted by molar-refractivity contribution is 6.24. The van der Waals surface area contributed by atoms with Crippen LogP contribution in [-0.4, -0.2) is 36.4 Å². The second-order valence-corrected chi connectivity index (χ2v) is 8.81. The Balaban J connectivity index is 1.72. The van der Waals surface area contributed by atoms with Crippen LogP contribution in [0.15, 0.2) is 48.5 Å². The lowest BCUT2D eigenvalue weighted by molar-refractivity contribution is 0.0279. The highest BCUT2D eigenvalue weighted by atomic mass is 35.5. The molecule has 0 bridgehead atoms. The number of alkyl halides is 1. The number of piperidine rings is 1. The quantitative estimate of drug-likeness (QED) is 0.625. The summed E-state index contributed by atoms with van der Waals surface area (Å²) < 4.78 is 10.7. The van der Waals surface area contributed by atoms with E-state index in [1.807, 2.05) is 29.2 Å². The van der Waals surface area contributed by atoms with Gasteiger partial charge in [0.1, 0.15) is 0 Å². The predicted octanol–water partition coefficient (Wildman–Crippen LogP) is 5.46. The molecule has 1 saturated carbocycles. The van der Waals surface area contributed by atoms with Gasteiger partial charge in [0.2, 0.25) is 0 Å². The molecule has 2 aromatic carbocycles. The Morgan fingerprint density at radius 2 is 1.79 bits per heavy atom. The number of methoxy groups -OCH3 is 2. The van der Waals surface area contributed by atoms with Crippen LogP contribution in [0, 0.1) is 5.92 Å². The SMILES string of the molecule is COc1ccc(C(=O)N2CC[C@]3(Cl)CCCC[C@H]3[C@@H]2c2ccccc2)cc1OC. The summed E-state index contributed by atoms with van der Waals surface area (Å²) in [5.74, 6) is 1.47. The van der Waals surface area contributed by atoms with Gasteiger partial charge in [-0.3, -0.25) is 4.79 Å². The fourth-order valence-electron chi connectivity index (χ4n) is 5.07. The molecule has 5 heteroatoms. The second-order valence-electron chi connectivity index (χ2n) is 8.06. The van der Waals surface area contributed by atoms with Gasteiger partial charge in [-0.05, 0) is 43.0 Å². The fourth-order valence-corrected chi connectivity index (χ4v) is 5.51. The number of nitrogens with zero attached hydrogens (tertiary/aromatic N) is 1. The van der Waals surface area contributed by atoms with Crippen LogP contribution < -0.4 is 9.47 Å². The summed E-state index contributed by atoms with van der Waals surface area (Å²) in [4.78, 5) is 15.4. The maximum absolute atomic E-state index is 13.6. The lowest BCUT2D eigenvalue weighted by atomic mass is 9.68. The first-order valence-electron chi connectivity index (χ1n) is 10.3. The number of halogens is 1. The van der Waals surface area contributed by atoms with Crippen LogP contribution in [0.5, 0.6) is 11.5 Å². The Morgan fingerprint density at radius 1 is 1.03 bits per heavy atom. The molecular weight excluding hydrogens is 386 g/mol. The van der Waals surface area contributed by atoms with Gasteiger partial charge in [0.15, 0.2) is 11.5 Å². The van der Waals surface area contributed by atoms with Crippen molar-refractivity contribution in [3.63, 3.8) is 0 Å². The van der Waals surface area contributed by atoms with Gasteiger partial charge >= 0.3 is 0 Å². The maximum atomic E-state index is 13.6. The number of hydrogen-bond donors (Lipinski definition) is 0. The summed E-state index contributed by atoms with van der Waals surface area (Å²) in [5, 5.41) is 0. The van der Waals surface area contributed by atoms with Crippen LogP contribution in [0.25, 0.3) is 0 Å². The van der Waals surface area contributed by atoms with Gasteiger partial charge < -0.3 is 14.4 Å². The molecule has 1 aliphatic heterocycles. The monoisotopic (exact) mass is 413 g/mol. The van der Waals surface area contributed by atoms with Crippen molar-refractivity contribution in [1.82, 2.24) is 4.90 Å². The molecule has 4 rings (SSSR count). The molecule has 0 N–H and O–H groups in total. The second kappa shape index (κ2) is 8.27. The Hall–Kier alpha value is -2.20. The van der Waals surface area contributed by atoms with E-state index in [0.717, 1.165) is 24.8 Å².